The Bertz CT molecular complexity index is 1460. The number of methoxy groups -OCH3 is 1. The van der Waals surface area contributed by atoms with Gasteiger partial charge in [0.15, 0.2) is 0 Å². The molecular formula is C33H41N7O3. The van der Waals surface area contributed by atoms with Gasteiger partial charge in [0.05, 0.1) is 43.7 Å². The van der Waals surface area contributed by atoms with Gasteiger partial charge in [-0.3, -0.25) is 9.79 Å². The van der Waals surface area contributed by atoms with Crippen LogP contribution in [0.2, 0.25) is 0 Å². The molecule has 43 heavy (non-hydrogen) atoms. The molecule has 4 heterocycles. The van der Waals surface area contributed by atoms with Gasteiger partial charge < -0.3 is 30.6 Å². The van der Waals surface area contributed by atoms with Crippen molar-refractivity contribution in [3.05, 3.63) is 66.1 Å². The molecule has 226 valence electrons. The number of imidazole rings is 1. The van der Waals surface area contributed by atoms with Gasteiger partial charge in [0.25, 0.3) is 0 Å². The summed E-state index contributed by atoms with van der Waals surface area (Å²) >= 11 is 0. The molecule has 2 unspecified atom stereocenters. The Labute approximate surface area is 252 Å². The van der Waals surface area contributed by atoms with Gasteiger partial charge in [-0.1, -0.05) is 62.4 Å². The van der Waals surface area contributed by atoms with Gasteiger partial charge in [-0.2, -0.15) is 0 Å². The molecule has 0 saturated carbocycles. The van der Waals surface area contributed by atoms with Gasteiger partial charge in [-0.05, 0) is 60.4 Å². The molecule has 2 aromatic carbocycles. The minimum absolute atomic E-state index is 0.0740. The third-order valence-electron chi connectivity index (χ3n) is 8.84. The lowest BCUT2D eigenvalue weighted by Gasteiger charge is -2.30. The van der Waals surface area contributed by atoms with Crippen molar-refractivity contribution < 1.29 is 14.3 Å². The lowest BCUT2D eigenvalue weighted by atomic mass is 9.99. The van der Waals surface area contributed by atoms with E-state index < -0.39 is 12.1 Å². The predicted octanol–water partition coefficient (Wildman–Crippen LogP) is 4.58. The molecule has 0 aliphatic carbocycles. The van der Waals surface area contributed by atoms with Crippen molar-refractivity contribution in [1.82, 2.24) is 30.8 Å². The fourth-order valence-electron chi connectivity index (χ4n) is 6.37. The van der Waals surface area contributed by atoms with Crippen LogP contribution in [0.25, 0.3) is 22.4 Å². The summed E-state index contributed by atoms with van der Waals surface area (Å²) in [5.41, 5.74) is 5.50. The molecule has 6 rings (SSSR count). The number of amides is 2. The Morgan fingerprint density at radius 1 is 0.977 bits per heavy atom. The number of rotatable bonds is 8. The van der Waals surface area contributed by atoms with Crippen molar-refractivity contribution in [3.8, 4) is 22.4 Å². The summed E-state index contributed by atoms with van der Waals surface area (Å²) in [6, 6.07) is 17.0. The van der Waals surface area contributed by atoms with Gasteiger partial charge in [0.1, 0.15) is 17.7 Å². The lowest BCUT2D eigenvalue weighted by Crippen LogP contribution is -2.51. The lowest BCUT2D eigenvalue weighted by molar-refractivity contribution is -0.135. The Morgan fingerprint density at radius 2 is 1.70 bits per heavy atom. The van der Waals surface area contributed by atoms with Crippen LogP contribution in [-0.2, 0) is 9.53 Å². The van der Waals surface area contributed by atoms with E-state index in [1.54, 1.807) is 0 Å². The zero-order valence-corrected chi connectivity index (χ0v) is 25.1. The van der Waals surface area contributed by atoms with Crippen molar-refractivity contribution in [3.63, 3.8) is 0 Å². The van der Waals surface area contributed by atoms with E-state index in [0.717, 1.165) is 66.4 Å². The Morgan fingerprint density at radius 3 is 2.37 bits per heavy atom. The van der Waals surface area contributed by atoms with E-state index in [1.165, 1.54) is 19.1 Å². The number of carbonyl (C=O) groups excluding carboxylic acids is 2. The number of hydrogen-bond acceptors (Lipinski definition) is 7. The topological polar surface area (TPSA) is 124 Å². The van der Waals surface area contributed by atoms with Gasteiger partial charge in [0, 0.05) is 6.54 Å². The third-order valence-corrected chi connectivity index (χ3v) is 8.84. The molecule has 3 aliphatic rings. The molecule has 0 radical (unpaired) electrons. The molecule has 2 amide bonds. The first-order chi connectivity index (χ1) is 20.9. The van der Waals surface area contributed by atoms with Crippen LogP contribution in [-0.4, -0.2) is 71.5 Å². The number of aliphatic imine (C=N–C) groups is 1. The largest absolute Gasteiger partial charge is 0.453 e. The van der Waals surface area contributed by atoms with Crippen LogP contribution in [0.4, 0.5) is 4.79 Å². The van der Waals surface area contributed by atoms with E-state index in [4.69, 9.17) is 9.73 Å². The number of aromatic amines is 1. The van der Waals surface area contributed by atoms with Gasteiger partial charge in [-0.25, -0.2) is 9.78 Å². The van der Waals surface area contributed by atoms with E-state index in [-0.39, 0.29) is 23.9 Å². The average molecular weight is 584 g/mol. The molecule has 3 aromatic rings. The van der Waals surface area contributed by atoms with Crippen molar-refractivity contribution in [2.75, 3.05) is 26.7 Å². The number of likely N-dealkylation sites (tertiary alicyclic amines) is 1. The SMILES string of the molecule is COC(=O)NC(C(=O)N1CCC[C@H]1c1ncc(-c2ccc(-c3ccc(C4CN=C([C@@H]5CCCN5)N4)cc3)cc2)[nH]1)C(C)C. The number of amidine groups is 1. The van der Waals surface area contributed by atoms with Crippen LogP contribution in [0.15, 0.2) is 59.7 Å². The van der Waals surface area contributed by atoms with Crippen molar-refractivity contribution in [2.45, 2.75) is 63.7 Å². The van der Waals surface area contributed by atoms with E-state index >= 15 is 0 Å². The highest BCUT2D eigenvalue weighted by molar-refractivity contribution is 5.89. The predicted molar refractivity (Wildman–Crippen MR) is 167 cm³/mol. The second-order valence-electron chi connectivity index (χ2n) is 12.0. The first-order valence-electron chi connectivity index (χ1n) is 15.4. The molecule has 10 heteroatoms. The number of ether oxygens (including phenoxy) is 1. The van der Waals surface area contributed by atoms with Gasteiger partial charge >= 0.3 is 6.09 Å². The number of H-pyrrole nitrogens is 1. The van der Waals surface area contributed by atoms with Crippen molar-refractivity contribution in [1.29, 1.82) is 0 Å². The maximum atomic E-state index is 13.4. The molecule has 10 nitrogen and oxygen atoms in total. The van der Waals surface area contributed by atoms with Crippen LogP contribution in [0.5, 0.6) is 0 Å². The summed E-state index contributed by atoms with van der Waals surface area (Å²) in [6.07, 6.45) is 5.29. The molecule has 0 bridgehead atoms. The number of benzene rings is 2. The van der Waals surface area contributed by atoms with E-state index in [2.05, 4.69) is 74.4 Å². The minimum atomic E-state index is -0.654. The summed E-state index contributed by atoms with van der Waals surface area (Å²) in [6.45, 7) is 6.31. The van der Waals surface area contributed by atoms with Crippen LogP contribution in [0.3, 0.4) is 0 Å². The molecule has 2 fully saturated rings. The highest BCUT2D eigenvalue weighted by Gasteiger charge is 2.37. The number of carbonyl (C=O) groups is 2. The number of alkyl carbamates (subject to hydrolysis) is 1. The fraction of sp³-hybridized carbons (Fsp3) is 0.455. The summed E-state index contributed by atoms with van der Waals surface area (Å²) in [5, 5.41) is 9.84. The van der Waals surface area contributed by atoms with E-state index in [0.29, 0.717) is 12.6 Å². The molecule has 4 N–H and O–H groups in total. The summed E-state index contributed by atoms with van der Waals surface area (Å²) in [4.78, 5) is 40.0. The first kappa shape index (κ1) is 28.9. The van der Waals surface area contributed by atoms with E-state index in [1.807, 2.05) is 24.9 Å². The average Bonchev–Trinajstić information content (AvgIpc) is 3.86. The second kappa shape index (κ2) is 12.6. The molecule has 0 spiro atoms. The molecule has 2 saturated heterocycles. The van der Waals surface area contributed by atoms with Crippen LogP contribution < -0.4 is 16.0 Å². The Hall–Kier alpha value is -4.18. The fourth-order valence-corrected chi connectivity index (χ4v) is 6.37. The highest BCUT2D eigenvalue weighted by Crippen LogP contribution is 2.33. The smallest absolute Gasteiger partial charge is 0.407 e. The molecule has 4 atom stereocenters. The normalized spacial score (nSPS) is 22.4. The molecule has 1 aromatic heterocycles. The number of nitrogens with one attached hydrogen (secondary N) is 4. The van der Waals surface area contributed by atoms with Crippen LogP contribution in [0, 0.1) is 5.92 Å². The third kappa shape index (κ3) is 6.15. The second-order valence-corrected chi connectivity index (χ2v) is 12.0. The monoisotopic (exact) mass is 583 g/mol. The summed E-state index contributed by atoms with van der Waals surface area (Å²) < 4.78 is 4.74. The maximum Gasteiger partial charge on any atom is 0.407 e. The quantitative estimate of drug-likeness (QED) is 0.308. The first-order valence-corrected chi connectivity index (χ1v) is 15.4. The highest BCUT2D eigenvalue weighted by atomic mass is 16.5. The van der Waals surface area contributed by atoms with Crippen LogP contribution >= 0.6 is 0 Å². The van der Waals surface area contributed by atoms with E-state index in [9.17, 15) is 9.59 Å². The molecule has 3 aliphatic heterocycles. The number of aromatic nitrogens is 2. The zero-order chi connectivity index (χ0) is 29.9. The van der Waals surface area contributed by atoms with Crippen LogP contribution in [0.1, 0.15) is 63.0 Å². The van der Waals surface area contributed by atoms with Crippen molar-refractivity contribution >= 4 is 17.8 Å². The summed E-state index contributed by atoms with van der Waals surface area (Å²) in [7, 11) is 1.30. The number of nitrogens with zero attached hydrogens (tertiary/aromatic N) is 3. The van der Waals surface area contributed by atoms with Gasteiger partial charge in [0.2, 0.25) is 5.91 Å². The minimum Gasteiger partial charge on any atom is -0.453 e. The van der Waals surface area contributed by atoms with Gasteiger partial charge in [-0.15, -0.1) is 0 Å². The Balaban J connectivity index is 1.10. The molecular weight excluding hydrogens is 542 g/mol. The Kier molecular flexibility index (Phi) is 8.47. The number of hydrogen-bond donors (Lipinski definition) is 4. The van der Waals surface area contributed by atoms with Crippen molar-refractivity contribution in [2.24, 2.45) is 10.9 Å². The zero-order valence-electron chi connectivity index (χ0n) is 25.1. The summed E-state index contributed by atoms with van der Waals surface area (Å²) in [5.74, 6) is 1.68. The maximum absolute atomic E-state index is 13.4. The standard InChI is InChI=1S/C33H41N7O3/c1-20(2)29(39-33(42)43-3)32(41)40-17-5-7-28(40)31-36-19-27(38-31)24-14-10-22(11-15-24)21-8-12-23(13-9-21)26-18-35-30(37-26)25-6-4-16-34-25/h8-15,19-20,25-26,28-29,34H,4-7,16-18H2,1-3H3,(H,35,37)(H,36,38)(H,39,42)/t25-,26?,28-,29?/m0/s1.